The van der Waals surface area contributed by atoms with Gasteiger partial charge in [-0.1, -0.05) is 6.92 Å². The summed E-state index contributed by atoms with van der Waals surface area (Å²) in [5.74, 6) is 1.17. The zero-order chi connectivity index (χ0) is 14.7. The second kappa shape index (κ2) is 6.17. The molecule has 0 aromatic carbocycles. The maximum absolute atomic E-state index is 9.55. The molecule has 1 aliphatic carbocycles. The highest BCUT2D eigenvalue weighted by molar-refractivity contribution is 5.09. The first kappa shape index (κ1) is 14.6. The predicted octanol–water partition coefficient (Wildman–Crippen LogP) is 1.90. The summed E-state index contributed by atoms with van der Waals surface area (Å²) in [6.07, 6.45) is 9.32. The van der Waals surface area contributed by atoms with Crippen LogP contribution in [0.1, 0.15) is 44.9 Å². The lowest BCUT2D eigenvalue weighted by Crippen LogP contribution is -2.45. The molecule has 1 N–H and O–H groups in total. The van der Waals surface area contributed by atoms with E-state index in [0.717, 1.165) is 45.4 Å². The van der Waals surface area contributed by atoms with E-state index >= 15 is 0 Å². The van der Waals surface area contributed by atoms with Crippen LogP contribution in [0.5, 0.6) is 0 Å². The van der Waals surface area contributed by atoms with Gasteiger partial charge < -0.3 is 4.57 Å². The third kappa shape index (κ3) is 3.45. The van der Waals surface area contributed by atoms with Crippen LogP contribution in [0.25, 0.3) is 0 Å². The van der Waals surface area contributed by atoms with Crippen LogP contribution in [0.4, 0.5) is 0 Å². The van der Waals surface area contributed by atoms with Crippen molar-refractivity contribution in [3.63, 3.8) is 0 Å². The van der Waals surface area contributed by atoms with Gasteiger partial charge in [0, 0.05) is 31.5 Å². The fourth-order valence-electron chi connectivity index (χ4n) is 3.16. The highest BCUT2D eigenvalue weighted by Gasteiger charge is 2.34. The molecular formula is C16H25N5. The van der Waals surface area contributed by atoms with Gasteiger partial charge in [0.1, 0.15) is 11.4 Å². The average molecular weight is 287 g/mol. The predicted molar refractivity (Wildman–Crippen MR) is 81.5 cm³/mol. The topological polar surface area (TPSA) is 56.9 Å². The molecule has 2 heterocycles. The molecule has 1 saturated carbocycles. The Kier molecular flexibility index (Phi) is 4.27. The zero-order valence-electron chi connectivity index (χ0n) is 12.9. The molecule has 1 aromatic rings. The molecule has 3 rings (SSSR count). The Bertz CT molecular complexity index is 513. The quantitative estimate of drug-likeness (QED) is 0.832. The zero-order valence-corrected chi connectivity index (χ0v) is 12.9. The van der Waals surface area contributed by atoms with Crippen LogP contribution in [0.15, 0.2) is 12.4 Å². The van der Waals surface area contributed by atoms with Crippen molar-refractivity contribution in [1.82, 2.24) is 19.8 Å². The van der Waals surface area contributed by atoms with Crippen molar-refractivity contribution >= 4 is 0 Å². The summed E-state index contributed by atoms with van der Waals surface area (Å²) < 4.78 is 2.23. The molecule has 0 saturated heterocycles. The van der Waals surface area contributed by atoms with Gasteiger partial charge in [0.15, 0.2) is 0 Å². The Morgan fingerprint density at radius 3 is 3.05 bits per heavy atom. The minimum absolute atomic E-state index is 0.310. The van der Waals surface area contributed by atoms with E-state index in [1.54, 1.807) is 0 Å². The van der Waals surface area contributed by atoms with Crippen LogP contribution in [0.2, 0.25) is 0 Å². The Hall–Kier alpha value is -1.38. The number of fused-ring (bicyclic) bond motifs is 1. The highest BCUT2D eigenvalue weighted by atomic mass is 15.2. The SMILES string of the molecule is CCC(C#N)(CCCN1CCn2ccnc2C1)NC1CC1. The van der Waals surface area contributed by atoms with Crippen molar-refractivity contribution in [3.8, 4) is 6.07 Å². The van der Waals surface area contributed by atoms with E-state index in [1.807, 2.05) is 6.20 Å². The number of imidazole rings is 1. The first-order chi connectivity index (χ1) is 10.2. The van der Waals surface area contributed by atoms with Gasteiger partial charge in [-0.15, -0.1) is 0 Å². The second-order valence-corrected chi connectivity index (χ2v) is 6.38. The molecule has 5 nitrogen and oxygen atoms in total. The van der Waals surface area contributed by atoms with E-state index in [4.69, 9.17) is 0 Å². The van der Waals surface area contributed by atoms with E-state index in [-0.39, 0.29) is 5.54 Å². The van der Waals surface area contributed by atoms with Crippen molar-refractivity contribution in [1.29, 1.82) is 5.26 Å². The fraction of sp³-hybridized carbons (Fsp3) is 0.750. The van der Waals surface area contributed by atoms with Gasteiger partial charge in [0.25, 0.3) is 0 Å². The Balaban J connectivity index is 1.48. The molecule has 1 aromatic heterocycles. The van der Waals surface area contributed by atoms with Gasteiger partial charge in [-0.25, -0.2) is 4.98 Å². The molecular weight excluding hydrogens is 262 g/mol. The van der Waals surface area contributed by atoms with Crippen LogP contribution in [-0.4, -0.2) is 39.1 Å². The van der Waals surface area contributed by atoms with Crippen molar-refractivity contribution in [3.05, 3.63) is 18.2 Å². The van der Waals surface area contributed by atoms with E-state index in [2.05, 4.69) is 39.0 Å². The van der Waals surface area contributed by atoms with E-state index in [0.29, 0.717) is 6.04 Å². The molecule has 1 atom stereocenters. The smallest absolute Gasteiger partial charge is 0.122 e. The molecule has 1 fully saturated rings. The van der Waals surface area contributed by atoms with E-state index in [9.17, 15) is 5.26 Å². The van der Waals surface area contributed by atoms with Crippen LogP contribution in [0.3, 0.4) is 0 Å². The average Bonchev–Trinajstić information content (AvgIpc) is 3.20. The minimum atomic E-state index is -0.310. The first-order valence-electron chi connectivity index (χ1n) is 8.16. The Morgan fingerprint density at radius 1 is 1.48 bits per heavy atom. The number of hydrogen-bond acceptors (Lipinski definition) is 4. The van der Waals surface area contributed by atoms with Crippen LogP contribution in [0, 0.1) is 11.3 Å². The van der Waals surface area contributed by atoms with Crippen LogP contribution in [-0.2, 0) is 13.1 Å². The molecule has 2 aliphatic rings. The highest BCUT2D eigenvalue weighted by Crippen LogP contribution is 2.27. The third-order valence-corrected chi connectivity index (χ3v) is 4.78. The molecule has 114 valence electrons. The number of nitrogens with zero attached hydrogens (tertiary/aromatic N) is 4. The molecule has 0 amide bonds. The van der Waals surface area contributed by atoms with Crippen LogP contribution >= 0.6 is 0 Å². The molecule has 0 bridgehead atoms. The summed E-state index contributed by atoms with van der Waals surface area (Å²) in [5.41, 5.74) is -0.310. The minimum Gasteiger partial charge on any atom is -0.333 e. The van der Waals surface area contributed by atoms with Gasteiger partial charge in [-0.2, -0.15) is 5.26 Å². The molecule has 5 heteroatoms. The molecule has 0 spiro atoms. The summed E-state index contributed by atoms with van der Waals surface area (Å²) in [5, 5.41) is 13.1. The van der Waals surface area contributed by atoms with Crippen molar-refractivity contribution in [2.24, 2.45) is 0 Å². The van der Waals surface area contributed by atoms with Gasteiger partial charge in [-0.3, -0.25) is 10.2 Å². The number of rotatable bonds is 7. The maximum atomic E-state index is 9.55. The fourth-order valence-corrected chi connectivity index (χ4v) is 3.16. The normalized spacial score (nSPS) is 21.5. The first-order valence-corrected chi connectivity index (χ1v) is 8.16. The number of nitrogens with one attached hydrogen (secondary N) is 1. The Morgan fingerprint density at radius 2 is 2.33 bits per heavy atom. The van der Waals surface area contributed by atoms with Crippen molar-refractivity contribution in [2.45, 2.75) is 63.7 Å². The van der Waals surface area contributed by atoms with Gasteiger partial charge >= 0.3 is 0 Å². The second-order valence-electron chi connectivity index (χ2n) is 6.38. The molecule has 1 aliphatic heterocycles. The lowest BCUT2D eigenvalue weighted by atomic mass is 9.91. The number of nitriles is 1. The summed E-state index contributed by atoms with van der Waals surface area (Å²) in [6, 6.07) is 3.13. The lowest BCUT2D eigenvalue weighted by molar-refractivity contribution is 0.205. The van der Waals surface area contributed by atoms with E-state index < -0.39 is 0 Å². The monoisotopic (exact) mass is 287 g/mol. The summed E-state index contributed by atoms with van der Waals surface area (Å²) >= 11 is 0. The summed E-state index contributed by atoms with van der Waals surface area (Å²) in [6.45, 7) is 6.24. The van der Waals surface area contributed by atoms with Crippen molar-refractivity contribution in [2.75, 3.05) is 13.1 Å². The summed E-state index contributed by atoms with van der Waals surface area (Å²) in [7, 11) is 0. The maximum Gasteiger partial charge on any atom is 0.122 e. The largest absolute Gasteiger partial charge is 0.333 e. The van der Waals surface area contributed by atoms with E-state index in [1.165, 1.54) is 18.7 Å². The van der Waals surface area contributed by atoms with Gasteiger partial charge in [-0.05, 0) is 38.6 Å². The lowest BCUT2D eigenvalue weighted by Gasteiger charge is -2.30. The molecule has 1 unspecified atom stereocenters. The number of hydrogen-bond donors (Lipinski definition) is 1. The standard InChI is InChI=1S/C16H25N5/c1-2-16(13-17,19-14-4-5-14)6-3-8-20-10-11-21-9-7-18-15(21)12-20/h7,9,14,19H,2-6,8,10-12H2,1H3. The van der Waals surface area contributed by atoms with Gasteiger partial charge in [0.05, 0.1) is 12.6 Å². The Labute approximate surface area is 127 Å². The van der Waals surface area contributed by atoms with Crippen LogP contribution < -0.4 is 5.32 Å². The van der Waals surface area contributed by atoms with Gasteiger partial charge in [0.2, 0.25) is 0 Å². The molecule has 21 heavy (non-hydrogen) atoms. The summed E-state index contributed by atoms with van der Waals surface area (Å²) in [4.78, 5) is 6.86. The number of aromatic nitrogens is 2. The molecule has 0 radical (unpaired) electrons. The third-order valence-electron chi connectivity index (χ3n) is 4.78. The van der Waals surface area contributed by atoms with Crippen molar-refractivity contribution < 1.29 is 0 Å².